The first-order chi connectivity index (χ1) is 9.86. The highest BCUT2D eigenvalue weighted by atomic mass is 19.1. The van der Waals surface area contributed by atoms with Crippen LogP contribution in [-0.2, 0) is 16.0 Å². The molecule has 1 saturated heterocycles. The molecule has 0 spiro atoms. The van der Waals surface area contributed by atoms with Crippen molar-refractivity contribution in [1.82, 2.24) is 4.90 Å². The number of hydrogen-bond acceptors (Lipinski definition) is 2. The molecule has 1 N–H and O–H groups in total. The maximum Gasteiger partial charge on any atom is 0.329 e. The Morgan fingerprint density at radius 2 is 2.10 bits per heavy atom. The van der Waals surface area contributed by atoms with Gasteiger partial charge in [-0.25, -0.2) is 9.18 Å². The van der Waals surface area contributed by atoms with E-state index in [1.54, 1.807) is 32.0 Å². The van der Waals surface area contributed by atoms with Crippen molar-refractivity contribution < 1.29 is 19.1 Å². The Balaban J connectivity index is 2.13. The molecule has 2 atom stereocenters. The highest BCUT2D eigenvalue weighted by Gasteiger charge is 2.46. The maximum atomic E-state index is 13.7. The number of benzene rings is 1. The molecule has 1 heterocycles. The number of carboxylic acid groups (broad SMARTS) is 1. The summed E-state index contributed by atoms with van der Waals surface area (Å²) in [4.78, 5) is 25.4. The van der Waals surface area contributed by atoms with E-state index in [1.807, 2.05) is 0 Å². The topological polar surface area (TPSA) is 57.6 Å². The summed E-state index contributed by atoms with van der Waals surface area (Å²) in [6, 6.07) is 6.35. The van der Waals surface area contributed by atoms with Crippen molar-refractivity contribution in [2.75, 3.05) is 6.54 Å². The lowest BCUT2D eigenvalue weighted by Gasteiger charge is -2.33. The second-order valence-electron chi connectivity index (χ2n) is 5.87. The lowest BCUT2D eigenvalue weighted by Crippen LogP contribution is -2.52. The highest BCUT2D eigenvalue weighted by molar-refractivity contribution is 5.88. The molecule has 21 heavy (non-hydrogen) atoms. The van der Waals surface area contributed by atoms with E-state index in [-0.39, 0.29) is 18.1 Å². The molecule has 2 unspecified atom stereocenters. The molecule has 114 valence electrons. The summed E-state index contributed by atoms with van der Waals surface area (Å²) in [5, 5.41) is 9.35. The number of aliphatic carboxylic acids is 1. The summed E-state index contributed by atoms with van der Waals surface area (Å²) >= 11 is 0. The molecule has 1 aliphatic heterocycles. The van der Waals surface area contributed by atoms with Crippen LogP contribution in [0.3, 0.4) is 0 Å². The minimum absolute atomic E-state index is 0.222. The second-order valence-corrected chi connectivity index (χ2v) is 5.87. The van der Waals surface area contributed by atoms with E-state index in [9.17, 15) is 19.1 Å². The molecule has 0 radical (unpaired) electrons. The normalized spacial score (nSPS) is 23.1. The van der Waals surface area contributed by atoms with Gasteiger partial charge in [-0.05, 0) is 37.8 Å². The van der Waals surface area contributed by atoms with E-state index < -0.39 is 17.4 Å². The fourth-order valence-corrected chi connectivity index (χ4v) is 2.89. The van der Waals surface area contributed by atoms with Gasteiger partial charge in [-0.15, -0.1) is 0 Å². The van der Waals surface area contributed by atoms with E-state index in [4.69, 9.17) is 0 Å². The van der Waals surface area contributed by atoms with Crippen molar-refractivity contribution in [3.05, 3.63) is 35.6 Å². The summed E-state index contributed by atoms with van der Waals surface area (Å²) < 4.78 is 13.7. The van der Waals surface area contributed by atoms with Crippen LogP contribution in [0.15, 0.2) is 24.3 Å². The number of likely N-dealkylation sites (tertiary alicyclic amines) is 1. The van der Waals surface area contributed by atoms with Crippen LogP contribution in [0.1, 0.15) is 32.3 Å². The third-order valence-electron chi connectivity index (χ3n) is 4.27. The van der Waals surface area contributed by atoms with Crippen molar-refractivity contribution in [2.45, 2.75) is 38.6 Å². The first-order valence-corrected chi connectivity index (χ1v) is 7.14. The summed E-state index contributed by atoms with van der Waals surface area (Å²) in [6.45, 7) is 3.74. The zero-order valence-corrected chi connectivity index (χ0v) is 12.3. The van der Waals surface area contributed by atoms with Crippen LogP contribution in [0.5, 0.6) is 0 Å². The first kappa shape index (κ1) is 15.5. The number of carbonyl (C=O) groups excluding carboxylic acids is 1. The van der Waals surface area contributed by atoms with Gasteiger partial charge in [0.1, 0.15) is 11.4 Å². The van der Waals surface area contributed by atoms with E-state index in [1.165, 1.54) is 11.0 Å². The van der Waals surface area contributed by atoms with Gasteiger partial charge in [-0.2, -0.15) is 0 Å². The maximum absolute atomic E-state index is 13.7. The van der Waals surface area contributed by atoms with Crippen molar-refractivity contribution in [3.63, 3.8) is 0 Å². The van der Waals surface area contributed by atoms with Gasteiger partial charge in [-0.3, -0.25) is 4.79 Å². The van der Waals surface area contributed by atoms with Crippen molar-refractivity contribution in [2.24, 2.45) is 5.92 Å². The molecule has 1 aromatic rings. The molecule has 1 aliphatic rings. The van der Waals surface area contributed by atoms with Crippen LogP contribution in [0.4, 0.5) is 4.39 Å². The minimum atomic E-state index is -1.14. The Morgan fingerprint density at radius 1 is 1.43 bits per heavy atom. The fraction of sp³-hybridized carbons (Fsp3) is 0.500. The van der Waals surface area contributed by atoms with E-state index in [2.05, 4.69) is 0 Å². The summed E-state index contributed by atoms with van der Waals surface area (Å²) in [7, 11) is 0. The third kappa shape index (κ3) is 2.91. The summed E-state index contributed by atoms with van der Waals surface area (Å²) in [5.41, 5.74) is -0.657. The van der Waals surface area contributed by atoms with Crippen LogP contribution in [0.25, 0.3) is 0 Å². The summed E-state index contributed by atoms with van der Waals surface area (Å²) in [6.07, 6.45) is 1.42. The van der Waals surface area contributed by atoms with Crippen molar-refractivity contribution in [1.29, 1.82) is 0 Å². The molecular formula is C16H20FNO3. The van der Waals surface area contributed by atoms with Crippen LogP contribution in [0.2, 0.25) is 0 Å². The van der Waals surface area contributed by atoms with Gasteiger partial charge >= 0.3 is 5.97 Å². The molecule has 1 amide bonds. The largest absolute Gasteiger partial charge is 0.480 e. The Labute approximate surface area is 123 Å². The molecular weight excluding hydrogens is 273 g/mol. The van der Waals surface area contributed by atoms with Gasteiger partial charge in [0.25, 0.3) is 0 Å². The SMILES string of the molecule is CC(Cc1ccccc1F)C(=O)N1CCCC1(C)C(=O)O. The van der Waals surface area contributed by atoms with Crippen LogP contribution in [0, 0.1) is 11.7 Å². The zero-order valence-electron chi connectivity index (χ0n) is 12.3. The predicted octanol–water partition coefficient (Wildman–Crippen LogP) is 2.47. The molecule has 0 saturated carbocycles. The Morgan fingerprint density at radius 3 is 2.71 bits per heavy atom. The monoisotopic (exact) mass is 293 g/mol. The third-order valence-corrected chi connectivity index (χ3v) is 4.27. The Hall–Kier alpha value is -1.91. The van der Waals surface area contributed by atoms with E-state index in [0.717, 1.165) is 0 Å². The average Bonchev–Trinajstić information content (AvgIpc) is 2.84. The number of carboxylic acids is 1. The van der Waals surface area contributed by atoms with Gasteiger partial charge in [0.2, 0.25) is 5.91 Å². The first-order valence-electron chi connectivity index (χ1n) is 7.14. The number of rotatable bonds is 4. The lowest BCUT2D eigenvalue weighted by molar-refractivity contribution is -0.156. The average molecular weight is 293 g/mol. The molecule has 5 heteroatoms. The van der Waals surface area contributed by atoms with Gasteiger partial charge in [0, 0.05) is 12.5 Å². The smallest absolute Gasteiger partial charge is 0.329 e. The van der Waals surface area contributed by atoms with E-state index in [0.29, 0.717) is 24.9 Å². The second kappa shape index (κ2) is 5.84. The molecule has 1 fully saturated rings. The van der Waals surface area contributed by atoms with Crippen LogP contribution >= 0.6 is 0 Å². The van der Waals surface area contributed by atoms with Crippen LogP contribution < -0.4 is 0 Å². The van der Waals surface area contributed by atoms with Gasteiger partial charge in [0.15, 0.2) is 0 Å². The summed E-state index contributed by atoms with van der Waals surface area (Å²) in [5.74, 6) is -1.98. The van der Waals surface area contributed by atoms with Crippen molar-refractivity contribution in [3.8, 4) is 0 Å². The quantitative estimate of drug-likeness (QED) is 0.927. The number of carbonyl (C=O) groups is 2. The number of halogens is 1. The van der Waals surface area contributed by atoms with Crippen LogP contribution in [-0.4, -0.2) is 34.0 Å². The van der Waals surface area contributed by atoms with Crippen molar-refractivity contribution >= 4 is 11.9 Å². The molecule has 1 aromatic carbocycles. The molecule has 4 nitrogen and oxygen atoms in total. The number of amides is 1. The Bertz CT molecular complexity index is 560. The highest BCUT2D eigenvalue weighted by Crippen LogP contribution is 2.31. The van der Waals surface area contributed by atoms with Gasteiger partial charge < -0.3 is 10.0 Å². The standard InChI is InChI=1S/C16H20FNO3/c1-11(10-12-6-3-4-7-13(12)17)14(19)18-9-5-8-16(18,2)15(20)21/h3-4,6-7,11H,5,8-10H2,1-2H3,(H,20,21). The zero-order chi connectivity index (χ0) is 15.6. The van der Waals surface area contributed by atoms with Gasteiger partial charge in [0.05, 0.1) is 0 Å². The lowest BCUT2D eigenvalue weighted by atomic mass is 9.95. The number of hydrogen-bond donors (Lipinski definition) is 1. The minimum Gasteiger partial charge on any atom is -0.480 e. The Kier molecular flexibility index (Phi) is 4.30. The molecule has 0 bridgehead atoms. The predicted molar refractivity (Wildman–Crippen MR) is 76.3 cm³/mol. The molecule has 0 aromatic heterocycles. The molecule has 2 rings (SSSR count). The number of nitrogens with zero attached hydrogens (tertiary/aromatic N) is 1. The van der Waals surface area contributed by atoms with Gasteiger partial charge in [-0.1, -0.05) is 25.1 Å². The molecule has 0 aliphatic carbocycles. The van der Waals surface area contributed by atoms with E-state index >= 15 is 0 Å². The fourth-order valence-electron chi connectivity index (χ4n) is 2.89.